The minimum absolute atomic E-state index is 0.122. The number of rotatable bonds is 6. The van der Waals surface area contributed by atoms with Gasteiger partial charge >= 0.3 is 0 Å². The summed E-state index contributed by atoms with van der Waals surface area (Å²) in [5, 5.41) is 10.8. The molecule has 4 nitrogen and oxygen atoms in total. The minimum atomic E-state index is -0.122. The lowest BCUT2D eigenvalue weighted by molar-refractivity contribution is 0.338. The second-order valence-electron chi connectivity index (χ2n) is 9.44. The fourth-order valence-corrected chi connectivity index (χ4v) is 5.41. The standard InChI is InChI=1S/C29H29Cl2N3O/c30-26-15-13-21(17-27(26)31)18-28-24-10-4-5-11-25(24)29(35)34(33-28)23-9-6-16-32-22(19-23)14-12-20-7-2-1-3-8-20/h4-6,9-11,13,15-17,19-20,32H,1-3,7-8,12,14,18H2. The molecule has 2 aromatic carbocycles. The molecule has 0 amide bonds. The Morgan fingerprint density at radius 3 is 2.60 bits per heavy atom. The molecule has 1 fully saturated rings. The van der Waals surface area contributed by atoms with E-state index in [1.54, 1.807) is 6.07 Å². The van der Waals surface area contributed by atoms with Crippen LogP contribution in [-0.2, 0) is 6.42 Å². The summed E-state index contributed by atoms with van der Waals surface area (Å²) in [5.41, 5.74) is 3.56. The van der Waals surface area contributed by atoms with Gasteiger partial charge in [-0.3, -0.25) is 4.79 Å². The molecule has 35 heavy (non-hydrogen) atoms. The Balaban J connectivity index is 1.50. The molecule has 0 radical (unpaired) electrons. The first kappa shape index (κ1) is 23.9. The Labute approximate surface area is 215 Å². The lowest BCUT2D eigenvalue weighted by atomic mass is 9.86. The van der Waals surface area contributed by atoms with Crippen LogP contribution in [0.2, 0.25) is 10.0 Å². The summed E-state index contributed by atoms with van der Waals surface area (Å²) in [6.45, 7) is 0. The van der Waals surface area contributed by atoms with Crippen molar-refractivity contribution in [3.8, 4) is 0 Å². The predicted octanol–water partition coefficient (Wildman–Crippen LogP) is 7.50. The number of nitrogens with one attached hydrogen (secondary N) is 1. The third-order valence-electron chi connectivity index (χ3n) is 6.98. The number of hydrogen-bond donors (Lipinski definition) is 1. The Kier molecular flexibility index (Phi) is 7.40. The maximum Gasteiger partial charge on any atom is 0.279 e. The molecular formula is C29H29Cl2N3O. The van der Waals surface area contributed by atoms with Gasteiger partial charge in [0.2, 0.25) is 0 Å². The van der Waals surface area contributed by atoms with Crippen LogP contribution in [0.4, 0.5) is 0 Å². The molecule has 0 unspecified atom stereocenters. The van der Waals surface area contributed by atoms with Gasteiger partial charge in [-0.2, -0.15) is 9.78 Å². The highest BCUT2D eigenvalue weighted by Gasteiger charge is 2.16. The van der Waals surface area contributed by atoms with Crippen LogP contribution in [0.3, 0.4) is 0 Å². The van der Waals surface area contributed by atoms with Gasteiger partial charge < -0.3 is 5.32 Å². The van der Waals surface area contributed by atoms with Crippen LogP contribution in [0.5, 0.6) is 0 Å². The third-order valence-corrected chi connectivity index (χ3v) is 7.72. The molecule has 2 aliphatic rings. The molecule has 0 bridgehead atoms. The lowest BCUT2D eigenvalue weighted by Gasteiger charge is -2.22. The largest absolute Gasteiger partial charge is 0.365 e. The van der Waals surface area contributed by atoms with E-state index in [9.17, 15) is 4.79 Å². The van der Waals surface area contributed by atoms with Gasteiger partial charge in [0.25, 0.3) is 5.56 Å². The normalized spacial score (nSPS) is 16.5. The minimum Gasteiger partial charge on any atom is -0.365 e. The van der Waals surface area contributed by atoms with E-state index in [0.717, 1.165) is 40.4 Å². The molecule has 1 aliphatic heterocycles. The van der Waals surface area contributed by atoms with E-state index in [-0.39, 0.29) is 5.56 Å². The quantitative estimate of drug-likeness (QED) is 0.377. The fraction of sp³-hybridized carbons (Fsp3) is 0.310. The molecular weight excluding hydrogens is 477 g/mol. The molecule has 6 heteroatoms. The number of fused-ring (bicyclic) bond motifs is 1. The summed E-state index contributed by atoms with van der Waals surface area (Å²) >= 11 is 12.4. The SMILES string of the molecule is O=c1c2ccccc2c(Cc2ccc(Cl)c(Cl)c2)nn1C1=CC=CNC(CCC2CCCCC2)=C1. The zero-order valence-corrected chi connectivity index (χ0v) is 21.2. The van der Waals surface area contributed by atoms with Crippen molar-refractivity contribution in [1.29, 1.82) is 0 Å². The molecule has 1 aliphatic carbocycles. The third kappa shape index (κ3) is 5.55. The molecule has 2 heterocycles. The van der Waals surface area contributed by atoms with Crippen molar-refractivity contribution in [3.63, 3.8) is 0 Å². The molecule has 0 atom stereocenters. The molecule has 180 valence electrons. The zero-order chi connectivity index (χ0) is 24.2. The maximum absolute atomic E-state index is 13.5. The van der Waals surface area contributed by atoms with Crippen molar-refractivity contribution in [2.75, 3.05) is 0 Å². The summed E-state index contributed by atoms with van der Waals surface area (Å²) in [7, 11) is 0. The smallest absolute Gasteiger partial charge is 0.279 e. The Bertz CT molecular complexity index is 1380. The summed E-state index contributed by atoms with van der Waals surface area (Å²) in [5.74, 6) is 0.797. The molecule has 3 aromatic rings. The summed E-state index contributed by atoms with van der Waals surface area (Å²) in [4.78, 5) is 13.5. The fourth-order valence-electron chi connectivity index (χ4n) is 5.09. The average Bonchev–Trinajstić information content (AvgIpc) is 3.13. The molecule has 1 N–H and O–H groups in total. The van der Waals surface area contributed by atoms with Crippen LogP contribution >= 0.6 is 23.2 Å². The van der Waals surface area contributed by atoms with Crippen LogP contribution < -0.4 is 10.9 Å². The van der Waals surface area contributed by atoms with E-state index in [1.165, 1.54) is 43.2 Å². The molecule has 1 saturated carbocycles. The van der Waals surface area contributed by atoms with Crippen molar-refractivity contribution in [1.82, 2.24) is 15.1 Å². The summed E-state index contributed by atoms with van der Waals surface area (Å²) < 4.78 is 1.53. The highest BCUT2D eigenvalue weighted by molar-refractivity contribution is 6.42. The number of nitrogens with zero attached hydrogens (tertiary/aromatic N) is 2. The second kappa shape index (κ2) is 10.8. The van der Waals surface area contributed by atoms with Gasteiger partial charge in [-0.1, -0.05) is 79.6 Å². The van der Waals surface area contributed by atoms with Crippen molar-refractivity contribution in [2.45, 2.75) is 51.4 Å². The molecule has 0 spiro atoms. The van der Waals surface area contributed by atoms with Crippen molar-refractivity contribution in [2.24, 2.45) is 5.92 Å². The highest BCUT2D eigenvalue weighted by atomic mass is 35.5. The molecule has 5 rings (SSSR count). The second-order valence-corrected chi connectivity index (χ2v) is 10.3. The van der Waals surface area contributed by atoms with E-state index in [2.05, 4.69) is 11.4 Å². The van der Waals surface area contributed by atoms with Crippen LogP contribution in [-0.4, -0.2) is 9.78 Å². The van der Waals surface area contributed by atoms with Gasteiger partial charge in [-0.05, 0) is 60.8 Å². The molecule has 1 aromatic heterocycles. The van der Waals surface area contributed by atoms with E-state index in [1.807, 2.05) is 54.8 Å². The number of hydrogen-bond acceptors (Lipinski definition) is 3. The Morgan fingerprint density at radius 1 is 1.00 bits per heavy atom. The van der Waals surface area contributed by atoms with Crippen molar-refractivity contribution < 1.29 is 0 Å². The van der Waals surface area contributed by atoms with E-state index < -0.39 is 0 Å². The van der Waals surface area contributed by atoms with Crippen LogP contribution in [0.1, 0.15) is 56.2 Å². The van der Waals surface area contributed by atoms with Gasteiger partial charge in [0.15, 0.2) is 0 Å². The lowest BCUT2D eigenvalue weighted by Crippen LogP contribution is -2.24. The van der Waals surface area contributed by atoms with Gasteiger partial charge in [0.1, 0.15) is 0 Å². The van der Waals surface area contributed by atoms with E-state index >= 15 is 0 Å². The zero-order valence-electron chi connectivity index (χ0n) is 19.6. The number of aromatic nitrogens is 2. The van der Waals surface area contributed by atoms with Gasteiger partial charge in [-0.15, -0.1) is 0 Å². The Morgan fingerprint density at radius 2 is 1.80 bits per heavy atom. The molecule has 0 saturated heterocycles. The Hall–Kier alpha value is -2.82. The summed E-state index contributed by atoms with van der Waals surface area (Å²) in [6, 6.07) is 13.3. The predicted molar refractivity (Wildman–Crippen MR) is 146 cm³/mol. The van der Waals surface area contributed by atoms with Gasteiger partial charge in [0.05, 0.1) is 26.8 Å². The van der Waals surface area contributed by atoms with Crippen molar-refractivity contribution in [3.05, 3.63) is 104 Å². The number of benzene rings is 2. The van der Waals surface area contributed by atoms with E-state index in [0.29, 0.717) is 21.9 Å². The highest BCUT2D eigenvalue weighted by Crippen LogP contribution is 2.29. The van der Waals surface area contributed by atoms with E-state index in [4.69, 9.17) is 28.3 Å². The van der Waals surface area contributed by atoms with Gasteiger partial charge in [0, 0.05) is 23.7 Å². The van der Waals surface area contributed by atoms with Crippen molar-refractivity contribution >= 4 is 39.7 Å². The summed E-state index contributed by atoms with van der Waals surface area (Å²) in [6.07, 6.45) is 17.3. The number of halogens is 2. The number of allylic oxidation sites excluding steroid dienone is 5. The average molecular weight is 506 g/mol. The van der Waals surface area contributed by atoms with Crippen LogP contribution in [0.25, 0.3) is 16.5 Å². The van der Waals surface area contributed by atoms with Crippen LogP contribution in [0.15, 0.2) is 77.4 Å². The van der Waals surface area contributed by atoms with Crippen LogP contribution in [0, 0.1) is 5.92 Å². The first-order valence-electron chi connectivity index (χ1n) is 12.4. The first-order chi connectivity index (χ1) is 17.1. The monoisotopic (exact) mass is 505 g/mol. The topological polar surface area (TPSA) is 46.9 Å². The van der Waals surface area contributed by atoms with Gasteiger partial charge in [-0.25, -0.2) is 0 Å². The maximum atomic E-state index is 13.5. The first-order valence-corrected chi connectivity index (χ1v) is 13.1.